The predicted octanol–water partition coefficient (Wildman–Crippen LogP) is 2.31. The molecule has 1 aromatic carbocycles. The second-order valence-electron chi connectivity index (χ2n) is 4.91. The third-order valence-electron chi connectivity index (χ3n) is 3.30. The average Bonchev–Trinajstić information content (AvgIpc) is 3.05. The Morgan fingerprint density at radius 1 is 1.23 bits per heavy atom. The Morgan fingerprint density at radius 3 is 2.32 bits per heavy atom. The van der Waals surface area contributed by atoms with Crippen LogP contribution in [0.4, 0.5) is 0 Å². The summed E-state index contributed by atoms with van der Waals surface area (Å²) in [7, 11) is 0. The quantitative estimate of drug-likeness (QED) is 0.812. The van der Waals surface area contributed by atoms with Gasteiger partial charge in [0.05, 0.1) is 11.1 Å². The van der Waals surface area contributed by atoms with Crippen molar-refractivity contribution in [2.75, 3.05) is 0 Å². The van der Waals surface area contributed by atoms with E-state index in [4.69, 9.17) is 4.84 Å². The van der Waals surface area contributed by atoms with Crippen LogP contribution in [0, 0.1) is 6.92 Å². The third-order valence-corrected chi connectivity index (χ3v) is 4.44. The first kappa shape index (κ1) is 14.4. The molecule has 1 aliphatic rings. The van der Waals surface area contributed by atoms with E-state index in [1.807, 2.05) is 12.3 Å². The van der Waals surface area contributed by atoms with Gasteiger partial charge >= 0.3 is 5.97 Å². The maximum atomic E-state index is 12.1. The number of imide groups is 1. The molecular weight excluding hydrogens is 304 g/mol. The second-order valence-corrected chi connectivity index (χ2v) is 5.80. The minimum atomic E-state index is -0.691. The summed E-state index contributed by atoms with van der Waals surface area (Å²) in [5, 5.41) is 2.92. The van der Waals surface area contributed by atoms with E-state index in [1.54, 1.807) is 19.1 Å². The number of hydrogen-bond acceptors (Lipinski definition) is 6. The number of aryl methyl sites for hydroxylation is 1. The standard InChI is InChI=1S/C15H12N2O4S/c1-8-7-22-12(16-8)9(2)15(20)21-17-13(18)10-5-3-4-6-11(10)14(17)19/h3-7,9H,1-2H3. The van der Waals surface area contributed by atoms with Gasteiger partial charge in [0.2, 0.25) is 0 Å². The van der Waals surface area contributed by atoms with Crippen LogP contribution in [0.2, 0.25) is 0 Å². The summed E-state index contributed by atoms with van der Waals surface area (Å²) in [4.78, 5) is 45.6. The molecule has 1 atom stereocenters. The van der Waals surface area contributed by atoms with Gasteiger partial charge in [0.25, 0.3) is 11.8 Å². The van der Waals surface area contributed by atoms with Gasteiger partial charge in [0, 0.05) is 11.1 Å². The molecule has 0 spiro atoms. The van der Waals surface area contributed by atoms with Crippen LogP contribution in [-0.2, 0) is 9.63 Å². The summed E-state index contributed by atoms with van der Waals surface area (Å²) in [5.41, 5.74) is 1.27. The number of carbonyl (C=O) groups excluding carboxylic acids is 3. The number of amides is 2. The molecule has 112 valence electrons. The zero-order valence-electron chi connectivity index (χ0n) is 11.9. The summed E-state index contributed by atoms with van der Waals surface area (Å²) in [6.07, 6.45) is 0. The van der Waals surface area contributed by atoms with Gasteiger partial charge in [-0.1, -0.05) is 17.2 Å². The van der Waals surface area contributed by atoms with Crippen molar-refractivity contribution in [1.29, 1.82) is 0 Å². The fourth-order valence-corrected chi connectivity index (χ4v) is 2.93. The second kappa shape index (κ2) is 5.34. The van der Waals surface area contributed by atoms with E-state index in [9.17, 15) is 14.4 Å². The molecule has 2 aromatic rings. The maximum absolute atomic E-state index is 12.1. The van der Waals surface area contributed by atoms with Gasteiger partial charge in [-0.05, 0) is 26.0 Å². The number of nitrogens with zero attached hydrogens (tertiary/aromatic N) is 2. The van der Waals surface area contributed by atoms with Gasteiger partial charge in [-0.3, -0.25) is 9.59 Å². The molecule has 2 amide bonds. The molecular formula is C15H12N2O4S. The summed E-state index contributed by atoms with van der Waals surface area (Å²) in [5.74, 6) is -2.60. The van der Waals surface area contributed by atoms with E-state index >= 15 is 0 Å². The molecule has 0 aliphatic carbocycles. The van der Waals surface area contributed by atoms with Crippen LogP contribution in [0.1, 0.15) is 44.3 Å². The Kier molecular flexibility index (Phi) is 3.50. The van der Waals surface area contributed by atoms with Crippen LogP contribution >= 0.6 is 11.3 Å². The largest absolute Gasteiger partial charge is 0.342 e. The zero-order valence-corrected chi connectivity index (χ0v) is 12.7. The molecule has 22 heavy (non-hydrogen) atoms. The highest BCUT2D eigenvalue weighted by atomic mass is 32.1. The van der Waals surface area contributed by atoms with Gasteiger partial charge < -0.3 is 4.84 Å². The lowest BCUT2D eigenvalue weighted by atomic mass is 10.1. The van der Waals surface area contributed by atoms with Gasteiger partial charge in [0.1, 0.15) is 10.9 Å². The van der Waals surface area contributed by atoms with Gasteiger partial charge in [0.15, 0.2) is 0 Å². The maximum Gasteiger partial charge on any atom is 0.342 e. The van der Waals surface area contributed by atoms with Crippen molar-refractivity contribution in [2.45, 2.75) is 19.8 Å². The normalized spacial score (nSPS) is 14.9. The first-order valence-electron chi connectivity index (χ1n) is 6.60. The minimum absolute atomic E-state index is 0.234. The van der Waals surface area contributed by atoms with Crippen molar-refractivity contribution < 1.29 is 19.2 Å². The van der Waals surface area contributed by atoms with E-state index in [-0.39, 0.29) is 11.1 Å². The zero-order chi connectivity index (χ0) is 15.9. The molecule has 0 radical (unpaired) electrons. The molecule has 0 N–H and O–H groups in total. The van der Waals surface area contributed by atoms with Gasteiger partial charge in [-0.2, -0.15) is 0 Å². The Hall–Kier alpha value is -2.54. The lowest BCUT2D eigenvalue weighted by Crippen LogP contribution is -2.34. The lowest BCUT2D eigenvalue weighted by Gasteiger charge is -2.15. The number of fused-ring (bicyclic) bond motifs is 1. The van der Waals surface area contributed by atoms with Crippen LogP contribution in [0.25, 0.3) is 0 Å². The summed E-state index contributed by atoms with van der Waals surface area (Å²) in [6, 6.07) is 6.35. The fraction of sp³-hybridized carbons (Fsp3) is 0.200. The Labute approximate surface area is 130 Å². The molecule has 1 aliphatic heterocycles. The SMILES string of the molecule is Cc1csc(C(C)C(=O)ON2C(=O)c3ccccc3C2=O)n1. The molecule has 3 rings (SSSR count). The Bertz CT molecular complexity index is 748. The number of carbonyl (C=O) groups is 3. The smallest absolute Gasteiger partial charge is 0.329 e. The highest BCUT2D eigenvalue weighted by Gasteiger charge is 2.39. The fourth-order valence-electron chi connectivity index (χ4n) is 2.09. The van der Waals surface area contributed by atoms with Crippen molar-refractivity contribution >= 4 is 29.1 Å². The highest BCUT2D eigenvalue weighted by Crippen LogP contribution is 2.26. The number of benzene rings is 1. The predicted molar refractivity (Wildman–Crippen MR) is 78.3 cm³/mol. The molecule has 0 saturated heterocycles. The van der Waals surface area contributed by atoms with Crippen molar-refractivity contribution in [2.24, 2.45) is 0 Å². The Morgan fingerprint density at radius 2 is 1.82 bits per heavy atom. The van der Waals surface area contributed by atoms with Gasteiger partial charge in [-0.15, -0.1) is 11.3 Å². The molecule has 0 fully saturated rings. The van der Waals surface area contributed by atoms with Gasteiger partial charge in [-0.25, -0.2) is 9.78 Å². The topological polar surface area (TPSA) is 76.6 Å². The third kappa shape index (κ3) is 2.29. The first-order valence-corrected chi connectivity index (χ1v) is 7.48. The van der Waals surface area contributed by atoms with E-state index in [0.29, 0.717) is 10.1 Å². The van der Waals surface area contributed by atoms with E-state index in [1.165, 1.54) is 23.5 Å². The van der Waals surface area contributed by atoms with Crippen LogP contribution < -0.4 is 0 Å². The molecule has 2 heterocycles. The monoisotopic (exact) mass is 316 g/mol. The van der Waals surface area contributed by atoms with E-state index in [2.05, 4.69) is 4.98 Å². The first-order chi connectivity index (χ1) is 10.5. The number of thiazole rings is 1. The summed E-state index contributed by atoms with van der Waals surface area (Å²) >= 11 is 1.33. The number of aromatic nitrogens is 1. The molecule has 1 aromatic heterocycles. The average molecular weight is 316 g/mol. The van der Waals surface area contributed by atoms with E-state index < -0.39 is 23.7 Å². The summed E-state index contributed by atoms with van der Waals surface area (Å²) < 4.78 is 0. The number of hydrogen-bond donors (Lipinski definition) is 0. The van der Waals surface area contributed by atoms with E-state index in [0.717, 1.165) is 5.69 Å². The van der Waals surface area contributed by atoms with Crippen molar-refractivity contribution in [3.05, 3.63) is 51.5 Å². The van der Waals surface area contributed by atoms with Crippen LogP contribution in [-0.4, -0.2) is 27.8 Å². The molecule has 7 heteroatoms. The van der Waals surface area contributed by atoms with Crippen LogP contribution in [0.15, 0.2) is 29.6 Å². The lowest BCUT2D eigenvalue weighted by molar-refractivity contribution is -0.170. The minimum Gasteiger partial charge on any atom is -0.329 e. The van der Waals surface area contributed by atoms with Crippen molar-refractivity contribution in [1.82, 2.24) is 10.0 Å². The number of rotatable bonds is 3. The Balaban J connectivity index is 1.78. The van der Waals surface area contributed by atoms with Crippen LogP contribution in [0.5, 0.6) is 0 Å². The molecule has 0 bridgehead atoms. The molecule has 0 saturated carbocycles. The van der Waals surface area contributed by atoms with Crippen molar-refractivity contribution in [3.63, 3.8) is 0 Å². The number of hydroxylamine groups is 2. The summed E-state index contributed by atoms with van der Waals surface area (Å²) in [6.45, 7) is 3.45. The van der Waals surface area contributed by atoms with Crippen LogP contribution in [0.3, 0.4) is 0 Å². The molecule has 6 nitrogen and oxygen atoms in total. The highest BCUT2D eigenvalue weighted by molar-refractivity contribution is 7.09. The van der Waals surface area contributed by atoms with Crippen molar-refractivity contribution in [3.8, 4) is 0 Å². The molecule has 1 unspecified atom stereocenters.